The van der Waals surface area contributed by atoms with Crippen LogP contribution in [0.15, 0.2) is 48.5 Å². The Labute approximate surface area is 137 Å². The summed E-state index contributed by atoms with van der Waals surface area (Å²) in [5, 5.41) is 0. The van der Waals surface area contributed by atoms with Gasteiger partial charge in [-0.05, 0) is 24.6 Å². The molecule has 0 bridgehead atoms. The zero-order valence-corrected chi connectivity index (χ0v) is 12.9. The fourth-order valence-corrected chi connectivity index (χ4v) is 3.05. The van der Waals surface area contributed by atoms with Crippen LogP contribution in [0, 0.1) is 12.7 Å². The maximum absolute atomic E-state index is 13.1. The number of hydrogen-bond acceptors (Lipinski definition) is 3. The maximum atomic E-state index is 13.1. The van der Waals surface area contributed by atoms with Gasteiger partial charge < -0.3 is 4.57 Å². The van der Waals surface area contributed by atoms with Crippen LogP contribution in [0.3, 0.4) is 0 Å². The standard InChI is InChI=1S/C19H13FN2O2/c1-11-21-16-17(22(11)10-12-6-8-13(20)9-7-12)19(24)15-5-3-2-4-14(15)18(16)23/h2-9H,10H2,1H3. The second-order valence-electron chi connectivity index (χ2n) is 5.77. The molecule has 0 N–H and O–H groups in total. The van der Waals surface area contributed by atoms with Gasteiger partial charge in [0.15, 0.2) is 0 Å². The van der Waals surface area contributed by atoms with Gasteiger partial charge in [0.25, 0.3) is 0 Å². The molecule has 1 aliphatic carbocycles. The highest BCUT2D eigenvalue weighted by molar-refractivity contribution is 6.27. The van der Waals surface area contributed by atoms with E-state index in [0.29, 0.717) is 29.2 Å². The van der Waals surface area contributed by atoms with Crippen molar-refractivity contribution in [2.45, 2.75) is 13.5 Å². The molecule has 4 rings (SSSR count). The van der Waals surface area contributed by atoms with Crippen molar-refractivity contribution in [1.82, 2.24) is 9.55 Å². The summed E-state index contributed by atoms with van der Waals surface area (Å²) in [4.78, 5) is 29.8. The molecule has 24 heavy (non-hydrogen) atoms. The average molecular weight is 320 g/mol. The number of aromatic nitrogens is 2. The topological polar surface area (TPSA) is 52.0 Å². The minimum atomic E-state index is -0.316. The molecule has 0 amide bonds. The highest BCUT2D eigenvalue weighted by Gasteiger charge is 2.34. The molecule has 0 saturated carbocycles. The number of carbonyl (C=O) groups excluding carboxylic acids is 2. The number of carbonyl (C=O) groups is 2. The van der Waals surface area contributed by atoms with Crippen LogP contribution < -0.4 is 0 Å². The Morgan fingerprint density at radius 2 is 1.58 bits per heavy atom. The Morgan fingerprint density at radius 1 is 0.958 bits per heavy atom. The van der Waals surface area contributed by atoms with E-state index >= 15 is 0 Å². The van der Waals surface area contributed by atoms with Crippen LogP contribution in [0.4, 0.5) is 4.39 Å². The molecule has 5 heteroatoms. The van der Waals surface area contributed by atoms with Gasteiger partial charge >= 0.3 is 0 Å². The van der Waals surface area contributed by atoms with E-state index in [1.807, 2.05) is 0 Å². The number of benzene rings is 2. The van der Waals surface area contributed by atoms with Crippen molar-refractivity contribution in [3.8, 4) is 0 Å². The molecule has 0 fully saturated rings. The van der Waals surface area contributed by atoms with Gasteiger partial charge in [-0.1, -0.05) is 36.4 Å². The molecule has 0 unspecified atom stereocenters. The normalized spacial score (nSPS) is 12.9. The van der Waals surface area contributed by atoms with Crippen LogP contribution in [-0.2, 0) is 6.54 Å². The van der Waals surface area contributed by atoms with Crippen molar-refractivity contribution >= 4 is 11.6 Å². The Hall–Kier alpha value is -3.08. The van der Waals surface area contributed by atoms with E-state index in [0.717, 1.165) is 5.56 Å². The summed E-state index contributed by atoms with van der Waals surface area (Å²) in [7, 11) is 0. The van der Waals surface area contributed by atoms with E-state index in [9.17, 15) is 14.0 Å². The lowest BCUT2D eigenvalue weighted by Crippen LogP contribution is -2.23. The third-order valence-corrected chi connectivity index (χ3v) is 4.26. The number of nitrogens with zero attached hydrogens (tertiary/aromatic N) is 2. The largest absolute Gasteiger partial charge is 0.320 e. The number of imidazole rings is 1. The summed E-state index contributed by atoms with van der Waals surface area (Å²) in [5.74, 6) is -0.175. The highest BCUT2D eigenvalue weighted by Crippen LogP contribution is 2.28. The molecular weight excluding hydrogens is 307 g/mol. The number of halogens is 1. The Morgan fingerprint density at radius 3 is 2.25 bits per heavy atom. The maximum Gasteiger partial charge on any atom is 0.214 e. The van der Waals surface area contributed by atoms with Crippen LogP contribution in [0.5, 0.6) is 0 Å². The Bertz CT molecular complexity index is 987. The van der Waals surface area contributed by atoms with Crippen molar-refractivity contribution < 1.29 is 14.0 Å². The van der Waals surface area contributed by atoms with Crippen molar-refractivity contribution in [2.75, 3.05) is 0 Å². The van der Waals surface area contributed by atoms with Gasteiger partial charge in [0.2, 0.25) is 11.6 Å². The van der Waals surface area contributed by atoms with Crippen molar-refractivity contribution in [3.05, 3.63) is 88.3 Å². The van der Waals surface area contributed by atoms with Crippen molar-refractivity contribution in [3.63, 3.8) is 0 Å². The van der Waals surface area contributed by atoms with E-state index in [4.69, 9.17) is 0 Å². The van der Waals surface area contributed by atoms with E-state index in [2.05, 4.69) is 4.98 Å². The predicted octanol–water partition coefficient (Wildman–Crippen LogP) is 3.15. The van der Waals surface area contributed by atoms with E-state index in [1.54, 1.807) is 47.9 Å². The zero-order chi connectivity index (χ0) is 16.8. The SMILES string of the molecule is Cc1nc2c(n1Cc1ccc(F)cc1)C(=O)c1ccccc1C2=O. The second kappa shape index (κ2) is 5.23. The zero-order valence-electron chi connectivity index (χ0n) is 12.9. The summed E-state index contributed by atoms with van der Waals surface area (Å²) in [6.07, 6.45) is 0. The van der Waals surface area contributed by atoms with E-state index in [1.165, 1.54) is 12.1 Å². The van der Waals surface area contributed by atoms with Gasteiger partial charge in [-0.3, -0.25) is 9.59 Å². The van der Waals surface area contributed by atoms with E-state index < -0.39 is 0 Å². The number of hydrogen-bond donors (Lipinski definition) is 0. The van der Waals surface area contributed by atoms with E-state index in [-0.39, 0.29) is 23.1 Å². The minimum absolute atomic E-state index is 0.193. The molecule has 1 aromatic heterocycles. The summed E-state index contributed by atoms with van der Waals surface area (Å²) in [6, 6.07) is 12.8. The highest BCUT2D eigenvalue weighted by atomic mass is 19.1. The van der Waals surface area contributed by atoms with Crippen molar-refractivity contribution in [1.29, 1.82) is 0 Å². The van der Waals surface area contributed by atoms with Crippen LogP contribution >= 0.6 is 0 Å². The van der Waals surface area contributed by atoms with Crippen LogP contribution in [0.1, 0.15) is 43.5 Å². The average Bonchev–Trinajstić information content (AvgIpc) is 2.92. The molecule has 118 valence electrons. The number of fused-ring (bicyclic) bond motifs is 2. The number of aryl methyl sites for hydroxylation is 1. The minimum Gasteiger partial charge on any atom is -0.320 e. The third kappa shape index (κ3) is 2.09. The van der Waals surface area contributed by atoms with Gasteiger partial charge in [-0.2, -0.15) is 0 Å². The van der Waals surface area contributed by atoms with Crippen LogP contribution in [-0.4, -0.2) is 21.1 Å². The Balaban J connectivity index is 1.84. The monoisotopic (exact) mass is 320 g/mol. The van der Waals surface area contributed by atoms with Gasteiger partial charge in [0.05, 0.1) is 0 Å². The summed E-state index contributed by atoms with van der Waals surface area (Å²) in [6.45, 7) is 2.11. The molecule has 3 aromatic rings. The quantitative estimate of drug-likeness (QED) is 0.570. The molecule has 2 aromatic carbocycles. The molecule has 1 heterocycles. The second-order valence-corrected chi connectivity index (χ2v) is 5.77. The first kappa shape index (κ1) is 14.5. The first-order valence-electron chi connectivity index (χ1n) is 7.56. The molecule has 0 saturated heterocycles. The molecule has 0 radical (unpaired) electrons. The first-order chi connectivity index (χ1) is 11.6. The fraction of sp³-hybridized carbons (Fsp3) is 0.105. The summed E-state index contributed by atoms with van der Waals surface area (Å²) < 4.78 is 14.8. The first-order valence-corrected chi connectivity index (χ1v) is 7.56. The predicted molar refractivity (Wildman–Crippen MR) is 85.8 cm³/mol. The summed E-state index contributed by atoms with van der Waals surface area (Å²) in [5.41, 5.74) is 2.12. The summed E-state index contributed by atoms with van der Waals surface area (Å²) >= 11 is 0. The number of ketones is 2. The molecule has 0 atom stereocenters. The smallest absolute Gasteiger partial charge is 0.214 e. The molecule has 4 nitrogen and oxygen atoms in total. The van der Waals surface area contributed by atoms with Gasteiger partial charge in [0.1, 0.15) is 23.0 Å². The van der Waals surface area contributed by atoms with Crippen LogP contribution in [0.2, 0.25) is 0 Å². The lowest BCUT2D eigenvalue weighted by Gasteiger charge is -2.16. The third-order valence-electron chi connectivity index (χ3n) is 4.26. The lowest BCUT2D eigenvalue weighted by atomic mass is 9.90. The van der Waals surface area contributed by atoms with Gasteiger partial charge in [0, 0.05) is 17.7 Å². The molecule has 0 spiro atoms. The van der Waals surface area contributed by atoms with Gasteiger partial charge in [-0.25, -0.2) is 9.37 Å². The van der Waals surface area contributed by atoms with Crippen molar-refractivity contribution in [2.24, 2.45) is 0 Å². The van der Waals surface area contributed by atoms with Crippen LogP contribution in [0.25, 0.3) is 0 Å². The fourth-order valence-electron chi connectivity index (χ4n) is 3.05. The molecule has 1 aliphatic rings. The lowest BCUT2D eigenvalue weighted by molar-refractivity contribution is 0.0971. The Kier molecular flexibility index (Phi) is 3.16. The molecular formula is C19H13FN2O2. The number of rotatable bonds is 2. The van der Waals surface area contributed by atoms with Gasteiger partial charge in [-0.15, -0.1) is 0 Å². The molecule has 0 aliphatic heterocycles.